The number of aryl methyl sites for hydroxylation is 3. The van der Waals surface area contributed by atoms with Gasteiger partial charge in [-0.25, -0.2) is 0 Å². The predicted molar refractivity (Wildman–Crippen MR) is 101 cm³/mol. The average Bonchev–Trinajstić information content (AvgIpc) is 2.60. The Bertz CT molecular complexity index is 908. The number of carbonyl (C=O) groups excluding carboxylic acids is 2. The van der Waals surface area contributed by atoms with Gasteiger partial charge in [0.1, 0.15) is 0 Å². The maximum Gasteiger partial charge on any atom is 0.251 e. The first-order valence-corrected chi connectivity index (χ1v) is 9.01. The molecule has 1 N–H and O–H groups in total. The highest BCUT2D eigenvalue weighted by Gasteiger charge is 2.22. The van der Waals surface area contributed by atoms with E-state index in [1.54, 1.807) is 16.7 Å². The van der Waals surface area contributed by atoms with Crippen molar-refractivity contribution in [3.05, 3.63) is 45.2 Å². The van der Waals surface area contributed by atoms with E-state index in [9.17, 15) is 14.4 Å². The molecule has 1 aromatic carbocycles. The second kappa shape index (κ2) is 7.32. The van der Waals surface area contributed by atoms with Gasteiger partial charge in [-0.2, -0.15) is 0 Å². The van der Waals surface area contributed by atoms with Crippen molar-refractivity contribution < 1.29 is 9.59 Å². The summed E-state index contributed by atoms with van der Waals surface area (Å²) in [6, 6.07) is 5.99. The van der Waals surface area contributed by atoms with E-state index in [1.807, 2.05) is 32.0 Å². The smallest absolute Gasteiger partial charge is 0.251 e. The molecule has 2 aromatic rings. The number of pyridine rings is 1. The van der Waals surface area contributed by atoms with Crippen molar-refractivity contribution in [1.29, 1.82) is 0 Å². The Labute approximate surface area is 152 Å². The molecule has 26 heavy (non-hydrogen) atoms. The Morgan fingerprint density at radius 3 is 2.35 bits per heavy atom. The molecule has 6 nitrogen and oxygen atoms in total. The number of piperazine rings is 1. The summed E-state index contributed by atoms with van der Waals surface area (Å²) < 4.78 is 0. The number of hydrogen-bond acceptors (Lipinski definition) is 3. The van der Waals surface area contributed by atoms with E-state index in [0.717, 1.165) is 22.0 Å². The summed E-state index contributed by atoms with van der Waals surface area (Å²) in [7, 11) is 0. The average molecular weight is 355 g/mol. The summed E-state index contributed by atoms with van der Waals surface area (Å²) in [5.41, 5.74) is 3.56. The van der Waals surface area contributed by atoms with E-state index in [0.29, 0.717) is 44.6 Å². The highest BCUT2D eigenvalue weighted by atomic mass is 16.2. The molecule has 1 fully saturated rings. The van der Waals surface area contributed by atoms with E-state index >= 15 is 0 Å². The van der Waals surface area contributed by atoms with Crippen LogP contribution in [0.15, 0.2) is 23.0 Å². The second-order valence-corrected chi connectivity index (χ2v) is 7.06. The number of H-pyrrole nitrogens is 1. The molecule has 1 aliphatic rings. The Morgan fingerprint density at radius 1 is 1.04 bits per heavy atom. The Kier molecular flexibility index (Phi) is 5.11. The molecular formula is C20H25N3O3. The van der Waals surface area contributed by atoms with Gasteiger partial charge in [0.25, 0.3) is 5.56 Å². The van der Waals surface area contributed by atoms with Crippen molar-refractivity contribution in [2.45, 2.75) is 33.6 Å². The zero-order chi connectivity index (χ0) is 18.8. The molecule has 2 amide bonds. The van der Waals surface area contributed by atoms with Crippen molar-refractivity contribution in [2.24, 2.45) is 0 Å². The van der Waals surface area contributed by atoms with Crippen LogP contribution in [0.25, 0.3) is 10.9 Å². The summed E-state index contributed by atoms with van der Waals surface area (Å²) in [5, 5.41) is 1.000. The van der Waals surface area contributed by atoms with E-state index in [4.69, 9.17) is 0 Å². The summed E-state index contributed by atoms with van der Waals surface area (Å²) in [4.78, 5) is 42.6. The van der Waals surface area contributed by atoms with Crippen molar-refractivity contribution in [3.8, 4) is 0 Å². The summed E-state index contributed by atoms with van der Waals surface area (Å²) >= 11 is 0. The zero-order valence-corrected chi connectivity index (χ0v) is 15.6. The number of rotatable bonds is 3. The minimum absolute atomic E-state index is 0.0353. The highest BCUT2D eigenvalue weighted by molar-refractivity contribution is 5.83. The van der Waals surface area contributed by atoms with E-state index in [1.165, 1.54) is 0 Å². The molecule has 3 rings (SSSR count). The molecule has 0 atom stereocenters. The van der Waals surface area contributed by atoms with Crippen molar-refractivity contribution in [1.82, 2.24) is 14.8 Å². The minimum Gasteiger partial charge on any atom is -0.339 e. The van der Waals surface area contributed by atoms with Gasteiger partial charge in [-0.15, -0.1) is 0 Å². The first-order valence-electron chi connectivity index (χ1n) is 9.01. The van der Waals surface area contributed by atoms with E-state index < -0.39 is 0 Å². The summed E-state index contributed by atoms with van der Waals surface area (Å²) in [6.45, 7) is 7.84. The SMILES string of the molecule is CC(=O)N1CCN(C(=O)CCc2cc3cc(C)cc(C)c3[nH]c2=O)CC1. The molecular weight excluding hydrogens is 330 g/mol. The topological polar surface area (TPSA) is 73.5 Å². The lowest BCUT2D eigenvalue weighted by atomic mass is 10.0. The van der Waals surface area contributed by atoms with E-state index in [2.05, 4.69) is 4.98 Å². The molecule has 0 bridgehead atoms. The largest absolute Gasteiger partial charge is 0.339 e. The molecule has 1 aliphatic heterocycles. The number of carbonyl (C=O) groups is 2. The predicted octanol–water partition coefficient (Wildman–Crippen LogP) is 1.77. The fourth-order valence-corrected chi connectivity index (χ4v) is 3.59. The molecule has 0 unspecified atom stereocenters. The third kappa shape index (κ3) is 3.79. The van der Waals surface area contributed by atoms with Gasteiger partial charge in [0, 0.05) is 45.1 Å². The number of fused-ring (bicyclic) bond motifs is 1. The molecule has 6 heteroatoms. The fourth-order valence-electron chi connectivity index (χ4n) is 3.59. The third-order valence-corrected chi connectivity index (χ3v) is 5.06. The van der Waals surface area contributed by atoms with Gasteiger partial charge >= 0.3 is 0 Å². The van der Waals surface area contributed by atoms with Crippen LogP contribution in [0, 0.1) is 13.8 Å². The number of nitrogens with one attached hydrogen (secondary N) is 1. The standard InChI is InChI=1S/C20H25N3O3/c1-13-10-14(2)19-17(11-13)12-16(20(26)21-19)4-5-18(25)23-8-6-22(7-9-23)15(3)24/h10-12H,4-9H2,1-3H3,(H,21,26). The number of hydrogen-bond donors (Lipinski definition) is 1. The van der Waals surface area contributed by atoms with Crippen LogP contribution in [0.4, 0.5) is 0 Å². The van der Waals surface area contributed by atoms with Gasteiger partial charge < -0.3 is 14.8 Å². The highest BCUT2D eigenvalue weighted by Crippen LogP contribution is 2.18. The van der Waals surface area contributed by atoms with Crippen LogP contribution >= 0.6 is 0 Å². The van der Waals surface area contributed by atoms with Gasteiger partial charge in [0.15, 0.2) is 0 Å². The maximum absolute atomic E-state index is 12.4. The maximum atomic E-state index is 12.4. The van der Waals surface area contributed by atoms with Gasteiger partial charge in [-0.3, -0.25) is 14.4 Å². The quantitative estimate of drug-likeness (QED) is 0.912. The van der Waals surface area contributed by atoms with Crippen molar-refractivity contribution in [2.75, 3.05) is 26.2 Å². The van der Waals surface area contributed by atoms with Crippen LogP contribution in [0.2, 0.25) is 0 Å². The summed E-state index contributed by atoms with van der Waals surface area (Å²) in [5.74, 6) is 0.0819. The lowest BCUT2D eigenvalue weighted by Crippen LogP contribution is -2.50. The molecule has 0 spiro atoms. The van der Waals surface area contributed by atoms with Crippen molar-refractivity contribution >= 4 is 22.7 Å². The molecule has 0 radical (unpaired) electrons. The zero-order valence-electron chi connectivity index (χ0n) is 15.6. The molecule has 0 aliphatic carbocycles. The van der Waals surface area contributed by atoms with Crippen LogP contribution in [0.1, 0.15) is 30.0 Å². The van der Waals surface area contributed by atoms with Crippen LogP contribution < -0.4 is 5.56 Å². The Morgan fingerprint density at radius 2 is 1.69 bits per heavy atom. The van der Waals surface area contributed by atoms with Gasteiger partial charge in [-0.1, -0.05) is 11.6 Å². The molecule has 2 heterocycles. The van der Waals surface area contributed by atoms with Gasteiger partial charge in [0.05, 0.1) is 5.52 Å². The summed E-state index contributed by atoms with van der Waals surface area (Å²) in [6.07, 6.45) is 0.726. The number of benzene rings is 1. The first kappa shape index (κ1) is 18.2. The van der Waals surface area contributed by atoms with Crippen molar-refractivity contribution in [3.63, 3.8) is 0 Å². The Hall–Kier alpha value is -2.63. The molecule has 1 saturated heterocycles. The van der Waals surface area contributed by atoms with Crippen LogP contribution in [-0.2, 0) is 16.0 Å². The molecule has 138 valence electrons. The lowest BCUT2D eigenvalue weighted by molar-refractivity contribution is -0.138. The minimum atomic E-state index is -0.126. The number of aromatic amines is 1. The molecule has 1 aromatic heterocycles. The second-order valence-electron chi connectivity index (χ2n) is 7.06. The van der Waals surface area contributed by atoms with Gasteiger partial charge in [0.2, 0.25) is 11.8 Å². The Balaban J connectivity index is 1.68. The first-order chi connectivity index (χ1) is 12.3. The number of nitrogens with zero attached hydrogens (tertiary/aromatic N) is 2. The van der Waals surface area contributed by atoms with Crippen LogP contribution in [0.3, 0.4) is 0 Å². The monoisotopic (exact) mass is 355 g/mol. The lowest BCUT2D eigenvalue weighted by Gasteiger charge is -2.34. The normalized spacial score (nSPS) is 14.7. The number of aromatic nitrogens is 1. The van der Waals surface area contributed by atoms with Crippen LogP contribution in [-0.4, -0.2) is 52.8 Å². The third-order valence-electron chi connectivity index (χ3n) is 5.06. The van der Waals surface area contributed by atoms with Crippen LogP contribution in [0.5, 0.6) is 0 Å². The fraction of sp³-hybridized carbons (Fsp3) is 0.450. The van der Waals surface area contributed by atoms with E-state index in [-0.39, 0.29) is 17.4 Å². The number of amides is 2. The molecule has 0 saturated carbocycles. The van der Waals surface area contributed by atoms with Gasteiger partial charge in [-0.05, 0) is 43.4 Å².